The Labute approximate surface area is 125 Å². The van der Waals surface area contributed by atoms with Crippen molar-refractivity contribution in [2.45, 2.75) is 10.7 Å². The van der Waals surface area contributed by atoms with Crippen molar-refractivity contribution in [3.8, 4) is 0 Å². The average Bonchev–Trinajstić information content (AvgIpc) is 2.28. The van der Waals surface area contributed by atoms with Crippen LogP contribution in [0, 0.1) is 5.41 Å². The van der Waals surface area contributed by atoms with Crippen LogP contribution in [0.2, 0.25) is 0 Å². The topological polar surface area (TPSA) is 73.2 Å². The minimum Gasteiger partial charge on any atom is -0.512 e. The third-order valence-corrected chi connectivity index (χ3v) is 2.72. The van der Waals surface area contributed by atoms with Gasteiger partial charge in [-0.15, -0.1) is 0 Å². The number of aliphatic hydroxyl groups excluding tert-OH is 1. The molecule has 0 fully saturated rings. The number of halogens is 3. The van der Waals surface area contributed by atoms with Gasteiger partial charge in [0.05, 0.1) is 5.71 Å². The van der Waals surface area contributed by atoms with Crippen molar-refractivity contribution in [1.29, 1.82) is 5.41 Å². The number of nitrogens with one attached hydrogen (secondary N) is 2. The van der Waals surface area contributed by atoms with E-state index in [1.807, 2.05) is 0 Å². The third-order valence-electron chi connectivity index (χ3n) is 2.15. The van der Waals surface area contributed by atoms with E-state index in [2.05, 4.69) is 5.32 Å². The van der Waals surface area contributed by atoms with Crippen molar-refractivity contribution < 1.29 is 9.90 Å². The summed E-state index contributed by atoms with van der Waals surface area (Å²) < 4.78 is -2.09. The van der Waals surface area contributed by atoms with Crippen molar-refractivity contribution >= 4 is 52.1 Å². The highest BCUT2D eigenvalue weighted by Crippen LogP contribution is 2.31. The summed E-state index contributed by atoms with van der Waals surface area (Å²) in [5.41, 5.74) is -0.460. The molecule has 0 aliphatic carbocycles. The number of anilines is 1. The summed E-state index contributed by atoms with van der Waals surface area (Å²) in [7, 11) is 0. The average molecular weight is 322 g/mol. The van der Waals surface area contributed by atoms with Crippen molar-refractivity contribution in [2.24, 2.45) is 0 Å². The molecular formula is C12H11Cl3N2O2. The first-order chi connectivity index (χ1) is 8.73. The van der Waals surface area contributed by atoms with Crippen molar-refractivity contribution in [2.75, 3.05) is 5.32 Å². The first kappa shape index (κ1) is 15.8. The maximum atomic E-state index is 12.0. The lowest BCUT2D eigenvalue weighted by molar-refractivity contribution is -0.112. The van der Waals surface area contributed by atoms with Gasteiger partial charge in [0.25, 0.3) is 5.91 Å². The molecule has 1 aromatic rings. The normalized spacial score (nSPS) is 12.6. The fourth-order valence-corrected chi connectivity index (χ4v) is 1.60. The van der Waals surface area contributed by atoms with Crippen LogP contribution in [0.25, 0.3) is 0 Å². The van der Waals surface area contributed by atoms with Gasteiger partial charge in [0, 0.05) is 5.69 Å². The second-order valence-electron chi connectivity index (χ2n) is 3.65. The van der Waals surface area contributed by atoms with E-state index in [-0.39, 0.29) is 5.57 Å². The van der Waals surface area contributed by atoms with Gasteiger partial charge >= 0.3 is 0 Å². The highest BCUT2D eigenvalue weighted by molar-refractivity contribution is 6.78. The van der Waals surface area contributed by atoms with Gasteiger partial charge in [-0.2, -0.15) is 0 Å². The number of allylic oxidation sites excluding steroid dienone is 1. The highest BCUT2D eigenvalue weighted by atomic mass is 35.6. The second-order valence-corrected chi connectivity index (χ2v) is 5.93. The molecule has 1 amide bonds. The van der Waals surface area contributed by atoms with Gasteiger partial charge in [-0.25, -0.2) is 0 Å². The quantitative estimate of drug-likeness (QED) is 0.342. The van der Waals surface area contributed by atoms with Crippen molar-refractivity contribution in [1.82, 2.24) is 0 Å². The lowest BCUT2D eigenvalue weighted by Gasteiger charge is -2.16. The van der Waals surface area contributed by atoms with Crippen LogP contribution in [0.1, 0.15) is 6.92 Å². The summed E-state index contributed by atoms with van der Waals surface area (Å²) in [6, 6.07) is 8.55. The van der Waals surface area contributed by atoms with E-state index in [1.165, 1.54) is 6.92 Å². The molecule has 3 N–H and O–H groups in total. The largest absolute Gasteiger partial charge is 0.512 e. The van der Waals surface area contributed by atoms with Crippen LogP contribution >= 0.6 is 34.8 Å². The van der Waals surface area contributed by atoms with Crippen LogP contribution in [0.4, 0.5) is 5.69 Å². The first-order valence-corrected chi connectivity index (χ1v) is 6.29. The Bertz CT molecular complexity index is 518. The lowest BCUT2D eigenvalue weighted by Crippen LogP contribution is -2.29. The summed E-state index contributed by atoms with van der Waals surface area (Å²) in [4.78, 5) is 12.0. The van der Waals surface area contributed by atoms with E-state index in [4.69, 9.17) is 40.2 Å². The molecule has 0 atom stereocenters. The van der Waals surface area contributed by atoms with Crippen LogP contribution in [0.5, 0.6) is 0 Å². The SMILES string of the molecule is CC(O)=C(C(=N)C(Cl)(Cl)Cl)C(=O)Nc1ccccc1. The molecule has 4 nitrogen and oxygen atoms in total. The summed E-state index contributed by atoms with van der Waals surface area (Å²) in [6.07, 6.45) is 0. The van der Waals surface area contributed by atoms with Gasteiger partial charge in [0.2, 0.25) is 3.79 Å². The minimum absolute atomic E-state index is 0.371. The molecule has 102 valence electrons. The first-order valence-electron chi connectivity index (χ1n) is 5.16. The van der Waals surface area contributed by atoms with Gasteiger partial charge in [-0.3, -0.25) is 10.2 Å². The number of carbonyl (C=O) groups is 1. The molecule has 0 saturated carbocycles. The van der Waals surface area contributed by atoms with Crippen LogP contribution in [0.3, 0.4) is 0 Å². The number of amides is 1. The molecule has 0 saturated heterocycles. The molecule has 0 aliphatic heterocycles. The summed E-state index contributed by atoms with van der Waals surface area (Å²) in [5, 5.41) is 19.6. The van der Waals surface area contributed by atoms with E-state index in [0.717, 1.165) is 0 Å². The molecule has 1 aromatic carbocycles. The molecule has 0 aliphatic rings. The molecule has 0 heterocycles. The smallest absolute Gasteiger partial charge is 0.261 e. The Kier molecular flexibility index (Phi) is 5.23. The van der Waals surface area contributed by atoms with E-state index in [9.17, 15) is 9.90 Å². The van der Waals surface area contributed by atoms with Gasteiger partial charge in [0.1, 0.15) is 11.3 Å². The number of hydrogen-bond donors (Lipinski definition) is 3. The number of carbonyl (C=O) groups excluding carboxylic acids is 1. The predicted octanol–water partition coefficient (Wildman–Crippen LogP) is 3.85. The summed E-state index contributed by atoms with van der Waals surface area (Å²) >= 11 is 16.7. The third kappa shape index (κ3) is 4.42. The molecule has 1 rings (SSSR count). The summed E-state index contributed by atoms with van der Waals surface area (Å²) in [6.45, 7) is 1.24. The van der Waals surface area contributed by atoms with E-state index in [1.54, 1.807) is 30.3 Å². The number of para-hydroxylation sites is 1. The maximum Gasteiger partial charge on any atom is 0.261 e. The molecule has 0 bridgehead atoms. The molecule has 7 heteroatoms. The number of hydrogen-bond acceptors (Lipinski definition) is 3. The highest BCUT2D eigenvalue weighted by Gasteiger charge is 2.34. The number of benzene rings is 1. The van der Waals surface area contributed by atoms with E-state index < -0.39 is 21.2 Å². The fraction of sp³-hybridized carbons (Fsp3) is 0.167. The minimum atomic E-state index is -2.09. The summed E-state index contributed by atoms with van der Waals surface area (Å²) in [5.74, 6) is -1.12. The van der Waals surface area contributed by atoms with Crippen LogP contribution in [-0.4, -0.2) is 20.5 Å². The molecule has 19 heavy (non-hydrogen) atoms. The predicted molar refractivity (Wildman–Crippen MR) is 78.4 cm³/mol. The molecule has 0 spiro atoms. The number of alkyl halides is 3. The van der Waals surface area contributed by atoms with Crippen molar-refractivity contribution in [3.63, 3.8) is 0 Å². The zero-order valence-corrected chi connectivity index (χ0v) is 12.1. The fourth-order valence-electron chi connectivity index (χ4n) is 1.32. The lowest BCUT2D eigenvalue weighted by atomic mass is 10.1. The van der Waals surface area contributed by atoms with Crippen LogP contribution < -0.4 is 5.32 Å². The zero-order valence-electron chi connectivity index (χ0n) is 9.88. The second kappa shape index (κ2) is 6.28. The van der Waals surface area contributed by atoms with Crippen molar-refractivity contribution in [3.05, 3.63) is 41.7 Å². The number of aliphatic hydroxyl groups is 1. The Morgan fingerprint density at radius 2 is 1.79 bits per heavy atom. The maximum absolute atomic E-state index is 12.0. The Hall–Kier alpha value is -1.23. The monoisotopic (exact) mass is 320 g/mol. The van der Waals surface area contributed by atoms with Gasteiger partial charge in [-0.05, 0) is 19.1 Å². The van der Waals surface area contributed by atoms with E-state index >= 15 is 0 Å². The molecule has 0 radical (unpaired) electrons. The van der Waals surface area contributed by atoms with Crippen LogP contribution in [0.15, 0.2) is 41.7 Å². The Balaban J connectivity index is 3.01. The van der Waals surface area contributed by atoms with Gasteiger partial charge in [0.15, 0.2) is 0 Å². The van der Waals surface area contributed by atoms with Gasteiger partial charge in [-0.1, -0.05) is 53.0 Å². The Morgan fingerprint density at radius 3 is 2.21 bits per heavy atom. The molecular weight excluding hydrogens is 311 g/mol. The van der Waals surface area contributed by atoms with Crippen LogP contribution in [-0.2, 0) is 4.79 Å². The standard InChI is InChI=1S/C12H11Cl3N2O2/c1-7(18)9(10(16)12(13,14)15)11(19)17-8-5-3-2-4-6-8/h2-6,16,18H,1H3,(H,17,19). The van der Waals surface area contributed by atoms with Gasteiger partial charge < -0.3 is 10.4 Å². The van der Waals surface area contributed by atoms with E-state index in [0.29, 0.717) is 5.69 Å². The Morgan fingerprint density at radius 1 is 1.26 bits per heavy atom. The zero-order chi connectivity index (χ0) is 14.6. The number of rotatable bonds is 3. The molecule has 0 aromatic heterocycles. The molecule has 0 unspecified atom stereocenters.